The van der Waals surface area contributed by atoms with Crippen LogP contribution in [0.2, 0.25) is 0 Å². The number of likely N-dealkylation sites (tertiary alicyclic amines) is 1. The summed E-state index contributed by atoms with van der Waals surface area (Å²) in [6, 6.07) is 13.3. The van der Waals surface area contributed by atoms with E-state index >= 15 is 0 Å². The van der Waals surface area contributed by atoms with Crippen molar-refractivity contribution in [2.24, 2.45) is 0 Å². The van der Waals surface area contributed by atoms with E-state index in [1.54, 1.807) is 31.2 Å². The zero-order valence-electron chi connectivity index (χ0n) is 23.9. The van der Waals surface area contributed by atoms with Crippen molar-refractivity contribution in [2.75, 3.05) is 25.0 Å². The molecule has 6 N–H and O–H groups in total. The molecular formula is C31H39N5O6. The quantitative estimate of drug-likeness (QED) is 0.140. The number of aliphatic hydroxyl groups excluding tert-OH is 2. The number of hydroxylamine groups is 1. The lowest BCUT2D eigenvalue weighted by Crippen LogP contribution is -2.51. The molecular weight excluding hydrogens is 538 g/mol. The number of amides is 3. The van der Waals surface area contributed by atoms with Gasteiger partial charge in [0.2, 0.25) is 5.91 Å². The Morgan fingerprint density at radius 3 is 1.95 bits per heavy atom. The molecule has 2 aliphatic rings. The molecule has 11 nitrogen and oxygen atoms in total. The number of anilines is 1. The van der Waals surface area contributed by atoms with Gasteiger partial charge in [-0.3, -0.25) is 29.4 Å². The average molecular weight is 578 g/mol. The van der Waals surface area contributed by atoms with Gasteiger partial charge < -0.3 is 20.8 Å². The topological polar surface area (TPSA) is 154 Å². The molecule has 1 saturated heterocycles. The normalized spacial score (nSPS) is 17.9. The number of hydrogen-bond acceptors (Lipinski definition) is 8. The monoisotopic (exact) mass is 577 g/mol. The molecule has 1 aliphatic carbocycles. The zero-order valence-corrected chi connectivity index (χ0v) is 23.9. The third kappa shape index (κ3) is 8.61. The van der Waals surface area contributed by atoms with Crippen LogP contribution in [0.25, 0.3) is 0 Å². The highest BCUT2D eigenvalue weighted by Gasteiger charge is 2.37. The Hall–Kier alpha value is -3.79. The van der Waals surface area contributed by atoms with Crippen molar-refractivity contribution in [1.82, 2.24) is 20.6 Å². The molecule has 0 aromatic heterocycles. The Labute approximate surface area is 245 Å². The maximum atomic E-state index is 12.9. The Balaban J connectivity index is 1.29. The minimum Gasteiger partial charge on any atom is -0.391 e. The molecule has 2 aromatic carbocycles. The van der Waals surface area contributed by atoms with E-state index in [0.29, 0.717) is 29.9 Å². The highest BCUT2D eigenvalue weighted by molar-refractivity contribution is 5.97. The number of carbonyl (C=O) groups excluding carboxylic acids is 3. The fourth-order valence-corrected chi connectivity index (χ4v) is 5.11. The molecule has 0 spiro atoms. The molecule has 1 heterocycles. The molecule has 1 aliphatic heterocycles. The first-order valence-corrected chi connectivity index (χ1v) is 14.3. The van der Waals surface area contributed by atoms with E-state index in [-0.39, 0.29) is 11.5 Å². The van der Waals surface area contributed by atoms with E-state index in [1.165, 1.54) is 12.4 Å². The minimum atomic E-state index is -1.30. The summed E-state index contributed by atoms with van der Waals surface area (Å²) in [6.45, 7) is 5.16. The van der Waals surface area contributed by atoms with Crippen LogP contribution in [0.5, 0.6) is 0 Å². The van der Waals surface area contributed by atoms with Crippen molar-refractivity contribution in [3.05, 3.63) is 65.2 Å². The second kappa shape index (κ2) is 14.4. The highest BCUT2D eigenvalue weighted by Crippen LogP contribution is 2.32. The predicted octanol–water partition coefficient (Wildman–Crippen LogP) is 1.28. The highest BCUT2D eigenvalue weighted by atomic mass is 16.5. The second-order valence-corrected chi connectivity index (χ2v) is 10.9. The van der Waals surface area contributed by atoms with Crippen LogP contribution in [0.3, 0.4) is 0 Å². The van der Waals surface area contributed by atoms with Crippen LogP contribution in [-0.4, -0.2) is 93.0 Å². The molecule has 3 atom stereocenters. The van der Waals surface area contributed by atoms with Crippen molar-refractivity contribution in [3.8, 4) is 11.8 Å². The summed E-state index contributed by atoms with van der Waals surface area (Å²) in [6.07, 6.45) is 2.51. The van der Waals surface area contributed by atoms with Gasteiger partial charge >= 0.3 is 0 Å². The maximum Gasteiger partial charge on any atom is 0.268 e. The largest absolute Gasteiger partial charge is 0.391 e. The van der Waals surface area contributed by atoms with Gasteiger partial charge in [0, 0.05) is 47.6 Å². The van der Waals surface area contributed by atoms with Crippen LogP contribution in [0.1, 0.15) is 61.0 Å². The van der Waals surface area contributed by atoms with Crippen LogP contribution < -0.4 is 16.1 Å². The van der Waals surface area contributed by atoms with Gasteiger partial charge in [-0.2, -0.15) is 0 Å². The Morgan fingerprint density at radius 2 is 1.45 bits per heavy atom. The van der Waals surface area contributed by atoms with Gasteiger partial charge in [0.15, 0.2) is 0 Å². The van der Waals surface area contributed by atoms with E-state index in [4.69, 9.17) is 5.21 Å². The molecule has 42 heavy (non-hydrogen) atoms. The summed E-state index contributed by atoms with van der Waals surface area (Å²) in [5.74, 6) is 4.55. The molecule has 2 fully saturated rings. The molecule has 0 bridgehead atoms. The third-order valence-electron chi connectivity index (χ3n) is 7.67. The summed E-state index contributed by atoms with van der Waals surface area (Å²) < 4.78 is 0. The fourth-order valence-electron chi connectivity index (χ4n) is 5.11. The number of carbonyl (C=O) groups is 3. The van der Waals surface area contributed by atoms with Crippen molar-refractivity contribution in [1.29, 1.82) is 0 Å². The van der Waals surface area contributed by atoms with Crippen molar-refractivity contribution < 1.29 is 29.8 Å². The summed E-state index contributed by atoms with van der Waals surface area (Å²) in [5, 5.41) is 33.7. The number of benzene rings is 2. The fraction of sp³-hybridized carbons (Fsp3) is 0.452. The first-order chi connectivity index (χ1) is 20.1. The smallest absolute Gasteiger partial charge is 0.268 e. The number of hydrogen-bond donors (Lipinski definition) is 6. The van der Waals surface area contributed by atoms with Crippen molar-refractivity contribution in [3.63, 3.8) is 0 Å². The van der Waals surface area contributed by atoms with Crippen LogP contribution in [0, 0.1) is 11.8 Å². The summed E-state index contributed by atoms with van der Waals surface area (Å²) in [4.78, 5) is 41.3. The Kier molecular flexibility index (Phi) is 10.7. The van der Waals surface area contributed by atoms with Gasteiger partial charge in [-0.05, 0) is 88.1 Å². The van der Waals surface area contributed by atoms with Crippen LogP contribution >= 0.6 is 0 Å². The zero-order chi connectivity index (χ0) is 30.2. The van der Waals surface area contributed by atoms with E-state index in [0.717, 1.165) is 44.3 Å². The molecule has 11 heteroatoms. The van der Waals surface area contributed by atoms with Crippen LogP contribution in [-0.2, 0) is 9.59 Å². The van der Waals surface area contributed by atoms with E-state index in [2.05, 4.69) is 32.3 Å². The van der Waals surface area contributed by atoms with Gasteiger partial charge in [-0.15, -0.1) is 0 Å². The average Bonchev–Trinajstić information content (AvgIpc) is 3.83. The van der Waals surface area contributed by atoms with Crippen LogP contribution in [0.4, 0.5) is 5.69 Å². The standard InChI is InChI=1S/C31H39N5O6/c1-20(37)29(31(41)34-42)33-30(40)24-9-5-22(6-10-24)3-4-23-7-11-25(12-8-23)32-28(39)19-36(26-13-14-26)27-15-17-35(18-16-27)21(2)38/h5-12,20-21,26-27,29,37-38,42H,13-19H2,1-2H3,(H,32,39)(H,33,40)(H,34,41)/t20-,21-,29+/m1/s1. The Morgan fingerprint density at radius 1 is 0.905 bits per heavy atom. The lowest BCUT2D eigenvalue weighted by Gasteiger charge is -2.39. The number of rotatable bonds is 10. The van der Waals surface area contributed by atoms with E-state index in [9.17, 15) is 24.6 Å². The second-order valence-electron chi connectivity index (χ2n) is 10.9. The lowest BCUT2D eigenvalue weighted by atomic mass is 10.0. The van der Waals surface area contributed by atoms with Gasteiger partial charge in [0.1, 0.15) is 12.3 Å². The molecule has 4 rings (SSSR count). The molecule has 1 saturated carbocycles. The first-order valence-electron chi connectivity index (χ1n) is 14.3. The first kappa shape index (κ1) is 31.2. The van der Waals surface area contributed by atoms with Crippen molar-refractivity contribution in [2.45, 2.75) is 70.0 Å². The Bertz CT molecular complexity index is 1290. The molecule has 3 amide bonds. The van der Waals surface area contributed by atoms with Gasteiger partial charge in [0.25, 0.3) is 11.8 Å². The van der Waals surface area contributed by atoms with Gasteiger partial charge in [-0.25, -0.2) is 5.48 Å². The van der Waals surface area contributed by atoms with E-state index < -0.39 is 30.2 Å². The summed E-state index contributed by atoms with van der Waals surface area (Å²) in [5.41, 5.74) is 3.82. The maximum absolute atomic E-state index is 12.9. The summed E-state index contributed by atoms with van der Waals surface area (Å²) in [7, 11) is 0. The third-order valence-corrected chi connectivity index (χ3v) is 7.67. The number of nitrogens with zero attached hydrogens (tertiary/aromatic N) is 2. The molecule has 0 unspecified atom stereocenters. The van der Waals surface area contributed by atoms with Gasteiger partial charge in [-0.1, -0.05) is 11.8 Å². The van der Waals surface area contributed by atoms with Gasteiger partial charge in [0.05, 0.1) is 12.6 Å². The lowest BCUT2D eigenvalue weighted by molar-refractivity contribution is -0.133. The number of nitrogens with one attached hydrogen (secondary N) is 3. The summed E-state index contributed by atoms with van der Waals surface area (Å²) >= 11 is 0. The van der Waals surface area contributed by atoms with E-state index in [1.807, 2.05) is 24.3 Å². The van der Waals surface area contributed by atoms with Crippen molar-refractivity contribution >= 4 is 23.4 Å². The molecule has 224 valence electrons. The molecule has 0 radical (unpaired) electrons. The minimum absolute atomic E-state index is 0.0421. The molecule has 2 aromatic rings. The number of piperidine rings is 1. The number of aliphatic hydroxyl groups is 2. The van der Waals surface area contributed by atoms with Crippen LogP contribution in [0.15, 0.2) is 48.5 Å². The predicted molar refractivity (Wildman–Crippen MR) is 156 cm³/mol. The SMILES string of the molecule is C[C@@H](O)[C@H](NC(=O)c1ccc(C#Cc2ccc(NC(=O)CN(C3CC3)C3CCN([C@@H](C)O)CC3)cc2)cc1)C(=O)NO.